The number of amides is 1. The fourth-order valence-corrected chi connectivity index (χ4v) is 5.48. The van der Waals surface area contributed by atoms with Gasteiger partial charge in [0.1, 0.15) is 16.4 Å². The summed E-state index contributed by atoms with van der Waals surface area (Å²) >= 11 is 1.24. The molecule has 0 aliphatic carbocycles. The Bertz CT molecular complexity index is 973. The number of nitrogens with one attached hydrogen (secondary N) is 1. The molecule has 0 bridgehead atoms. The molecule has 1 amide bonds. The zero-order chi connectivity index (χ0) is 20.3. The van der Waals surface area contributed by atoms with Gasteiger partial charge in [-0.1, -0.05) is 11.3 Å². The van der Waals surface area contributed by atoms with E-state index >= 15 is 0 Å². The lowest BCUT2D eigenvalue weighted by Gasteiger charge is -2.26. The Morgan fingerprint density at radius 2 is 2.11 bits per heavy atom. The molecule has 0 saturated heterocycles. The highest BCUT2D eigenvalue weighted by atomic mass is 32.2. The predicted octanol–water partition coefficient (Wildman–Crippen LogP) is 2.48. The molecule has 0 spiro atoms. The smallest absolute Gasteiger partial charge is 0.413 e. The van der Waals surface area contributed by atoms with Crippen LogP contribution in [0.2, 0.25) is 0 Å². The van der Waals surface area contributed by atoms with Gasteiger partial charge in [0.2, 0.25) is 10.0 Å². The fraction of sp³-hybridized carbons (Fsp3) is 0.412. The molecule has 2 heterocycles. The molecule has 0 fully saturated rings. The van der Waals surface area contributed by atoms with Crippen molar-refractivity contribution in [3.63, 3.8) is 0 Å². The average Bonchev–Trinajstić information content (AvgIpc) is 3.08. The number of ether oxygens (including phenoxy) is 3. The number of carbonyl (C=O) groups excluding carboxylic acids is 1. The molecule has 2 aromatic rings. The van der Waals surface area contributed by atoms with Gasteiger partial charge >= 0.3 is 6.09 Å². The summed E-state index contributed by atoms with van der Waals surface area (Å²) in [5.74, 6) is 0.677. The minimum atomic E-state index is -3.81. The number of aromatic nitrogens is 1. The first-order valence-electron chi connectivity index (χ1n) is 8.53. The molecule has 9 nitrogen and oxygen atoms in total. The molecule has 0 unspecified atom stereocenters. The SMILES string of the molecule is CCOC(=O)Nc1nc2c(s1)CN(S(=O)(=O)c1cc(OC)ccc1OC)CC2. The standard InChI is InChI=1S/C17H21N3O6S2/c1-4-26-17(21)19-16-18-12-7-8-20(10-14(12)27-16)28(22,23)15-9-11(24-2)5-6-13(15)25-3/h5-6,9H,4,7-8,10H2,1-3H3,(H,18,19,21). The van der Waals surface area contributed by atoms with Crippen molar-refractivity contribution in [3.8, 4) is 11.5 Å². The van der Waals surface area contributed by atoms with E-state index in [1.807, 2.05) is 0 Å². The zero-order valence-corrected chi connectivity index (χ0v) is 17.4. The summed E-state index contributed by atoms with van der Waals surface area (Å²) in [5, 5.41) is 2.95. The molecule has 28 heavy (non-hydrogen) atoms. The number of sulfonamides is 1. The van der Waals surface area contributed by atoms with E-state index in [0.717, 1.165) is 10.6 Å². The molecule has 0 saturated carbocycles. The molecular weight excluding hydrogens is 406 g/mol. The molecule has 1 aliphatic rings. The van der Waals surface area contributed by atoms with Gasteiger partial charge in [0, 0.05) is 23.9 Å². The lowest BCUT2D eigenvalue weighted by Crippen LogP contribution is -2.35. The first-order valence-corrected chi connectivity index (χ1v) is 10.8. The molecule has 3 rings (SSSR count). The second-order valence-corrected chi connectivity index (χ2v) is 8.83. The molecule has 11 heteroatoms. The molecule has 1 N–H and O–H groups in total. The number of carbonyl (C=O) groups is 1. The summed E-state index contributed by atoms with van der Waals surface area (Å²) in [6.07, 6.45) is -0.138. The Balaban J connectivity index is 1.85. The van der Waals surface area contributed by atoms with Crippen LogP contribution in [0.3, 0.4) is 0 Å². The van der Waals surface area contributed by atoms with Gasteiger partial charge in [-0.3, -0.25) is 5.32 Å². The van der Waals surface area contributed by atoms with Gasteiger partial charge in [-0.2, -0.15) is 4.31 Å². The van der Waals surface area contributed by atoms with E-state index in [1.165, 1.54) is 35.9 Å². The average molecular weight is 428 g/mol. The van der Waals surface area contributed by atoms with Crippen molar-refractivity contribution in [2.45, 2.75) is 24.8 Å². The van der Waals surface area contributed by atoms with Crippen LogP contribution in [-0.4, -0.2) is 51.2 Å². The monoisotopic (exact) mass is 427 g/mol. The number of methoxy groups -OCH3 is 2. The zero-order valence-electron chi connectivity index (χ0n) is 15.7. The van der Waals surface area contributed by atoms with Crippen molar-refractivity contribution < 1.29 is 27.4 Å². The van der Waals surface area contributed by atoms with E-state index in [-0.39, 0.29) is 30.3 Å². The molecule has 0 radical (unpaired) electrons. The van der Waals surface area contributed by atoms with Crippen LogP contribution in [0, 0.1) is 0 Å². The van der Waals surface area contributed by atoms with Gasteiger partial charge in [0.25, 0.3) is 0 Å². The maximum Gasteiger partial charge on any atom is 0.413 e. The summed E-state index contributed by atoms with van der Waals surface area (Å²) in [5.41, 5.74) is 0.779. The highest BCUT2D eigenvalue weighted by Gasteiger charge is 2.33. The number of thiazole rings is 1. The van der Waals surface area contributed by atoms with Crippen molar-refractivity contribution in [3.05, 3.63) is 28.8 Å². The molecule has 1 aromatic heterocycles. The third kappa shape index (κ3) is 4.05. The number of anilines is 1. The topological polar surface area (TPSA) is 107 Å². The quantitative estimate of drug-likeness (QED) is 0.755. The van der Waals surface area contributed by atoms with Crippen molar-refractivity contribution in [2.75, 3.05) is 32.7 Å². The van der Waals surface area contributed by atoms with Crippen molar-refractivity contribution in [1.29, 1.82) is 0 Å². The van der Waals surface area contributed by atoms with Crippen LogP contribution in [0.25, 0.3) is 0 Å². The maximum absolute atomic E-state index is 13.2. The van der Waals surface area contributed by atoms with Crippen LogP contribution in [0.5, 0.6) is 11.5 Å². The normalized spacial score (nSPS) is 14.2. The number of fused-ring (bicyclic) bond motifs is 1. The van der Waals surface area contributed by atoms with Gasteiger partial charge < -0.3 is 14.2 Å². The summed E-state index contributed by atoms with van der Waals surface area (Å²) in [6.45, 7) is 2.41. The minimum absolute atomic E-state index is 0.0483. The van der Waals surface area contributed by atoms with Crippen LogP contribution in [0.1, 0.15) is 17.5 Å². The molecular formula is C17H21N3O6S2. The number of hydrogen-bond acceptors (Lipinski definition) is 8. The van der Waals surface area contributed by atoms with Crippen LogP contribution in [0.15, 0.2) is 23.1 Å². The predicted molar refractivity (Wildman–Crippen MR) is 104 cm³/mol. The number of benzene rings is 1. The van der Waals surface area contributed by atoms with E-state index in [1.54, 1.807) is 19.1 Å². The van der Waals surface area contributed by atoms with Gasteiger partial charge in [-0.25, -0.2) is 18.2 Å². The summed E-state index contributed by atoms with van der Waals surface area (Å²) < 4.78 is 43.0. The van der Waals surface area contributed by atoms with Crippen LogP contribution in [-0.2, 0) is 27.7 Å². The summed E-state index contributed by atoms with van der Waals surface area (Å²) in [7, 11) is -0.912. The second kappa shape index (κ2) is 8.33. The number of rotatable bonds is 6. The molecule has 152 valence electrons. The Morgan fingerprint density at radius 3 is 2.79 bits per heavy atom. The third-order valence-corrected chi connectivity index (χ3v) is 7.03. The van der Waals surface area contributed by atoms with Crippen molar-refractivity contribution in [1.82, 2.24) is 9.29 Å². The number of nitrogens with zero attached hydrogens (tertiary/aromatic N) is 2. The minimum Gasteiger partial charge on any atom is -0.497 e. The summed E-state index contributed by atoms with van der Waals surface area (Å²) in [4.78, 5) is 16.8. The Kier molecular flexibility index (Phi) is 6.06. The summed E-state index contributed by atoms with van der Waals surface area (Å²) in [6, 6.07) is 4.65. The first-order chi connectivity index (χ1) is 13.4. The van der Waals surface area contributed by atoms with Crippen LogP contribution < -0.4 is 14.8 Å². The lowest BCUT2D eigenvalue weighted by atomic mass is 10.2. The van der Waals surface area contributed by atoms with Crippen molar-refractivity contribution in [2.24, 2.45) is 0 Å². The molecule has 0 atom stereocenters. The lowest BCUT2D eigenvalue weighted by molar-refractivity contribution is 0.168. The van der Waals surface area contributed by atoms with E-state index in [0.29, 0.717) is 17.3 Å². The van der Waals surface area contributed by atoms with E-state index in [9.17, 15) is 13.2 Å². The Hall–Kier alpha value is -2.37. The van der Waals surface area contributed by atoms with Gasteiger partial charge in [0.05, 0.1) is 33.1 Å². The second-order valence-electron chi connectivity index (χ2n) is 5.84. The largest absolute Gasteiger partial charge is 0.497 e. The van der Waals surface area contributed by atoms with E-state index < -0.39 is 16.1 Å². The Labute approximate surface area is 167 Å². The highest BCUT2D eigenvalue weighted by molar-refractivity contribution is 7.89. The van der Waals surface area contributed by atoms with Crippen LogP contribution in [0.4, 0.5) is 9.93 Å². The third-order valence-electron chi connectivity index (χ3n) is 4.17. The van der Waals surface area contributed by atoms with Gasteiger partial charge in [-0.05, 0) is 19.1 Å². The van der Waals surface area contributed by atoms with Crippen molar-refractivity contribution >= 4 is 32.6 Å². The van der Waals surface area contributed by atoms with Gasteiger partial charge in [-0.15, -0.1) is 0 Å². The highest BCUT2D eigenvalue weighted by Crippen LogP contribution is 2.35. The first kappa shape index (κ1) is 20.4. The van der Waals surface area contributed by atoms with E-state index in [4.69, 9.17) is 14.2 Å². The Morgan fingerprint density at radius 1 is 1.32 bits per heavy atom. The maximum atomic E-state index is 13.2. The van der Waals surface area contributed by atoms with Gasteiger partial charge in [0.15, 0.2) is 5.13 Å². The fourth-order valence-electron chi connectivity index (χ4n) is 2.81. The molecule has 1 aromatic carbocycles. The van der Waals surface area contributed by atoms with E-state index in [2.05, 4.69) is 10.3 Å². The molecule has 1 aliphatic heterocycles. The van der Waals surface area contributed by atoms with Crippen LogP contribution >= 0.6 is 11.3 Å². The number of hydrogen-bond donors (Lipinski definition) is 1.